The van der Waals surface area contributed by atoms with Crippen LogP contribution in [0.3, 0.4) is 0 Å². The number of carbonyl (C=O) groups excluding carboxylic acids is 1. The summed E-state index contributed by atoms with van der Waals surface area (Å²) in [7, 11) is 1.62. The van der Waals surface area contributed by atoms with E-state index in [-0.39, 0.29) is 11.9 Å². The van der Waals surface area contributed by atoms with E-state index in [1.54, 1.807) is 14.0 Å². The lowest BCUT2D eigenvalue weighted by Gasteiger charge is -2.21. The van der Waals surface area contributed by atoms with Crippen LogP contribution in [0.2, 0.25) is 0 Å². The molecule has 0 fully saturated rings. The summed E-state index contributed by atoms with van der Waals surface area (Å²) in [4.78, 5) is 13.2. The molecule has 0 bridgehead atoms. The van der Waals surface area contributed by atoms with Crippen molar-refractivity contribution in [1.29, 1.82) is 0 Å². The number of methoxy groups -OCH3 is 1. The summed E-state index contributed by atoms with van der Waals surface area (Å²) in [6, 6.07) is 3.50. The summed E-state index contributed by atoms with van der Waals surface area (Å²) < 4.78 is 10.7. The molecular weight excluding hydrogens is 292 g/mol. The molecule has 1 amide bonds. The third-order valence-electron chi connectivity index (χ3n) is 3.24. The Balaban J connectivity index is 2.07. The van der Waals surface area contributed by atoms with Crippen LogP contribution in [0, 0.1) is 0 Å². The molecule has 0 aliphatic heterocycles. The van der Waals surface area contributed by atoms with Crippen molar-refractivity contribution in [3.8, 4) is 10.8 Å². The maximum Gasteiger partial charge on any atom is 0.275 e. The molecule has 0 saturated carbocycles. The van der Waals surface area contributed by atoms with Crippen LogP contribution in [0.15, 0.2) is 21.9 Å². The Kier molecular flexibility index (Phi) is 5.43. The monoisotopic (exact) mass is 311 g/mol. The van der Waals surface area contributed by atoms with Crippen LogP contribution in [0.5, 0.6) is 0 Å². The Hall–Kier alpha value is -1.77. The quantitative estimate of drug-likeness (QED) is 0.698. The number of carbonyl (C=O) groups is 1. The molecule has 1 unspecified atom stereocenters. The highest BCUT2D eigenvalue weighted by Crippen LogP contribution is 2.22. The molecule has 7 nitrogen and oxygen atoms in total. The van der Waals surface area contributed by atoms with E-state index >= 15 is 0 Å². The van der Waals surface area contributed by atoms with E-state index in [4.69, 9.17) is 14.9 Å². The largest absolute Gasteiger partial charge is 0.414 e. The SMILES string of the molecule is COCC[NH+](Cc1nnc(-c2cccs2)o1)[C@@H](C)C(N)=O. The molecular formula is C13H19N4O3S+. The number of nitrogens with two attached hydrogens (primary N) is 1. The second-order valence-electron chi connectivity index (χ2n) is 4.68. The van der Waals surface area contributed by atoms with Gasteiger partial charge in [0.05, 0.1) is 11.5 Å². The highest BCUT2D eigenvalue weighted by Gasteiger charge is 2.25. The zero-order chi connectivity index (χ0) is 15.2. The summed E-state index contributed by atoms with van der Waals surface area (Å²) in [5.41, 5.74) is 5.38. The predicted octanol–water partition coefficient (Wildman–Crippen LogP) is -0.297. The van der Waals surface area contributed by atoms with Gasteiger partial charge in [0, 0.05) is 7.11 Å². The molecule has 0 radical (unpaired) electrons. The van der Waals surface area contributed by atoms with Gasteiger partial charge in [-0.15, -0.1) is 21.5 Å². The molecule has 2 heterocycles. The standard InChI is InChI=1S/C13H18N4O3S/c1-9(12(14)18)17(5-6-19-2)8-11-15-16-13(20-11)10-4-3-7-21-10/h3-4,7,9H,5-6,8H2,1-2H3,(H2,14,18)/p+1/t9-/m0/s1. The van der Waals surface area contributed by atoms with Crippen molar-refractivity contribution in [3.63, 3.8) is 0 Å². The summed E-state index contributed by atoms with van der Waals surface area (Å²) in [5, 5.41) is 10.0. The Labute approximate surface area is 126 Å². The number of nitrogens with one attached hydrogen (secondary N) is 1. The molecule has 21 heavy (non-hydrogen) atoms. The number of hydrogen-bond donors (Lipinski definition) is 2. The van der Waals surface area contributed by atoms with E-state index < -0.39 is 0 Å². The lowest BCUT2D eigenvalue weighted by molar-refractivity contribution is -0.929. The van der Waals surface area contributed by atoms with E-state index in [2.05, 4.69) is 10.2 Å². The van der Waals surface area contributed by atoms with E-state index in [9.17, 15) is 4.79 Å². The molecule has 2 rings (SSSR count). The van der Waals surface area contributed by atoms with E-state index in [1.807, 2.05) is 17.5 Å². The van der Waals surface area contributed by atoms with Crippen molar-refractivity contribution in [2.75, 3.05) is 20.3 Å². The number of nitrogens with zero attached hydrogens (tertiary/aromatic N) is 2. The maximum absolute atomic E-state index is 11.4. The second-order valence-corrected chi connectivity index (χ2v) is 5.63. The molecule has 114 valence electrons. The van der Waals surface area contributed by atoms with E-state index in [0.717, 1.165) is 9.78 Å². The van der Waals surface area contributed by atoms with Gasteiger partial charge in [-0.1, -0.05) is 6.07 Å². The number of thiophene rings is 1. The van der Waals surface area contributed by atoms with Gasteiger partial charge in [-0.05, 0) is 18.4 Å². The van der Waals surface area contributed by atoms with Gasteiger partial charge in [0.1, 0.15) is 6.54 Å². The first kappa shape index (κ1) is 15.6. The van der Waals surface area contributed by atoms with Gasteiger partial charge in [0.25, 0.3) is 17.7 Å². The molecule has 2 aromatic heterocycles. The molecule has 0 aliphatic rings. The van der Waals surface area contributed by atoms with Gasteiger partial charge in [-0.25, -0.2) is 0 Å². The van der Waals surface area contributed by atoms with E-state index in [1.165, 1.54) is 11.3 Å². The molecule has 0 aliphatic carbocycles. The molecule has 8 heteroatoms. The van der Waals surface area contributed by atoms with Crippen molar-refractivity contribution in [2.45, 2.75) is 19.5 Å². The number of primary amides is 1. The number of amides is 1. The average molecular weight is 311 g/mol. The van der Waals surface area contributed by atoms with Crippen LogP contribution >= 0.6 is 11.3 Å². The number of aromatic nitrogens is 2. The lowest BCUT2D eigenvalue weighted by Crippen LogP contribution is -3.16. The molecule has 0 saturated heterocycles. The molecule has 0 aromatic carbocycles. The zero-order valence-corrected chi connectivity index (χ0v) is 12.9. The molecule has 2 atom stereocenters. The van der Waals surface area contributed by atoms with Crippen LogP contribution in [0.25, 0.3) is 10.8 Å². The number of quaternary nitrogens is 1. The highest BCUT2D eigenvalue weighted by molar-refractivity contribution is 7.13. The van der Waals surface area contributed by atoms with Crippen LogP contribution in [0.1, 0.15) is 12.8 Å². The Morgan fingerprint density at radius 1 is 1.57 bits per heavy atom. The maximum atomic E-state index is 11.4. The average Bonchev–Trinajstić information content (AvgIpc) is 3.13. The van der Waals surface area contributed by atoms with Crippen LogP contribution in [-0.2, 0) is 16.1 Å². The minimum absolute atomic E-state index is 0.350. The van der Waals surface area contributed by atoms with Crippen molar-refractivity contribution in [3.05, 3.63) is 23.4 Å². The minimum atomic E-state index is -0.362. The van der Waals surface area contributed by atoms with Crippen LogP contribution in [0.4, 0.5) is 0 Å². The van der Waals surface area contributed by atoms with Crippen LogP contribution < -0.4 is 10.6 Å². The predicted molar refractivity (Wildman–Crippen MR) is 77.7 cm³/mol. The van der Waals surface area contributed by atoms with Gasteiger partial charge in [0.2, 0.25) is 0 Å². The van der Waals surface area contributed by atoms with Gasteiger partial charge in [-0.2, -0.15) is 0 Å². The molecule has 2 aromatic rings. The normalized spacial score (nSPS) is 14.0. The van der Waals surface area contributed by atoms with Crippen molar-refractivity contribution in [2.24, 2.45) is 5.73 Å². The smallest absolute Gasteiger partial charge is 0.275 e. The Bertz CT molecular complexity index is 570. The van der Waals surface area contributed by atoms with E-state index in [0.29, 0.717) is 31.5 Å². The van der Waals surface area contributed by atoms with Gasteiger partial charge in [-0.3, -0.25) is 4.79 Å². The third-order valence-corrected chi connectivity index (χ3v) is 4.10. The Morgan fingerprint density at radius 3 is 3.00 bits per heavy atom. The van der Waals surface area contributed by atoms with Crippen molar-refractivity contribution in [1.82, 2.24) is 10.2 Å². The first-order valence-electron chi connectivity index (χ1n) is 6.61. The van der Waals surface area contributed by atoms with Gasteiger partial charge >= 0.3 is 0 Å². The minimum Gasteiger partial charge on any atom is -0.414 e. The summed E-state index contributed by atoms with van der Waals surface area (Å²) in [5.74, 6) is 0.620. The summed E-state index contributed by atoms with van der Waals surface area (Å²) in [6.07, 6.45) is 0. The van der Waals surface area contributed by atoms with Gasteiger partial charge < -0.3 is 19.8 Å². The van der Waals surface area contributed by atoms with Crippen molar-refractivity contribution < 1.29 is 18.8 Å². The topological polar surface area (TPSA) is 95.7 Å². The first-order chi connectivity index (χ1) is 10.1. The fourth-order valence-corrected chi connectivity index (χ4v) is 2.56. The fraction of sp³-hybridized carbons (Fsp3) is 0.462. The lowest BCUT2D eigenvalue weighted by atomic mass is 10.2. The summed E-state index contributed by atoms with van der Waals surface area (Å²) >= 11 is 1.54. The van der Waals surface area contributed by atoms with Crippen LogP contribution in [-0.4, -0.2) is 42.4 Å². The van der Waals surface area contributed by atoms with Gasteiger partial charge in [0.15, 0.2) is 12.6 Å². The number of rotatable bonds is 8. The third kappa shape index (κ3) is 4.10. The highest BCUT2D eigenvalue weighted by atomic mass is 32.1. The summed E-state index contributed by atoms with van der Waals surface area (Å²) in [6.45, 7) is 3.38. The molecule has 3 N–H and O–H groups in total. The zero-order valence-electron chi connectivity index (χ0n) is 12.0. The molecule has 0 spiro atoms. The van der Waals surface area contributed by atoms with Crippen molar-refractivity contribution >= 4 is 17.2 Å². The number of hydrogen-bond acceptors (Lipinski definition) is 6. The Morgan fingerprint density at radius 2 is 2.38 bits per heavy atom. The second kappa shape index (κ2) is 7.30. The fourth-order valence-electron chi connectivity index (χ4n) is 1.91. The first-order valence-corrected chi connectivity index (χ1v) is 7.49. The number of ether oxygens (including phenoxy) is 1.